The van der Waals surface area contributed by atoms with Gasteiger partial charge in [-0.25, -0.2) is 4.99 Å². The summed E-state index contributed by atoms with van der Waals surface area (Å²) in [5.41, 5.74) is 1.83. The van der Waals surface area contributed by atoms with Gasteiger partial charge in [0.15, 0.2) is 4.80 Å². The first-order valence-corrected chi connectivity index (χ1v) is 9.28. The number of anilines is 1. The van der Waals surface area contributed by atoms with Crippen LogP contribution in [0.15, 0.2) is 58.4 Å². The van der Waals surface area contributed by atoms with Crippen LogP contribution in [0.1, 0.15) is 5.69 Å². The second-order valence-electron chi connectivity index (χ2n) is 5.34. The highest BCUT2D eigenvalue weighted by molar-refractivity contribution is 14.1. The number of rotatable bonds is 2. The summed E-state index contributed by atoms with van der Waals surface area (Å²) in [6, 6.07) is 13.9. The van der Waals surface area contributed by atoms with E-state index in [1.807, 2.05) is 24.3 Å². The Morgan fingerprint density at radius 3 is 2.75 bits per heavy atom. The van der Waals surface area contributed by atoms with E-state index in [-0.39, 0.29) is 5.56 Å². The van der Waals surface area contributed by atoms with Gasteiger partial charge in [-0.1, -0.05) is 17.4 Å². The Labute approximate surface area is 155 Å². The third-order valence-electron chi connectivity index (χ3n) is 3.74. The molecule has 0 spiro atoms. The molecule has 5 nitrogen and oxygen atoms in total. The summed E-state index contributed by atoms with van der Waals surface area (Å²) in [5.74, 6) is 0. The summed E-state index contributed by atoms with van der Waals surface area (Å²) in [4.78, 5) is 24.3. The van der Waals surface area contributed by atoms with Crippen LogP contribution in [0.3, 0.4) is 0 Å². The molecule has 120 valence electrons. The van der Waals surface area contributed by atoms with Crippen molar-refractivity contribution >= 4 is 45.7 Å². The molecule has 0 amide bonds. The monoisotopic (exact) mass is 448 g/mol. The van der Waals surface area contributed by atoms with Crippen molar-refractivity contribution in [2.45, 2.75) is 6.67 Å². The summed E-state index contributed by atoms with van der Waals surface area (Å²) in [5, 5.41) is 0. The topological polar surface area (TPSA) is 50.5 Å². The lowest BCUT2D eigenvalue weighted by atomic mass is 10.3. The molecule has 0 bridgehead atoms. The summed E-state index contributed by atoms with van der Waals surface area (Å²) in [6.07, 6.45) is 3.54. The molecule has 0 saturated heterocycles. The largest absolute Gasteiger partial charge is 0.334 e. The summed E-state index contributed by atoms with van der Waals surface area (Å²) < 4.78 is 3.57. The van der Waals surface area contributed by atoms with Crippen molar-refractivity contribution in [2.75, 3.05) is 11.6 Å². The third-order valence-corrected chi connectivity index (χ3v) is 5.50. The van der Waals surface area contributed by atoms with Crippen molar-refractivity contribution in [2.24, 2.45) is 4.99 Å². The number of hydrogen-bond donors (Lipinski definition) is 0. The van der Waals surface area contributed by atoms with Crippen molar-refractivity contribution < 1.29 is 0 Å². The molecule has 0 saturated carbocycles. The number of pyridine rings is 1. The Morgan fingerprint density at radius 2 is 2.00 bits per heavy atom. The highest BCUT2D eigenvalue weighted by Gasteiger charge is 2.15. The highest BCUT2D eigenvalue weighted by Crippen LogP contribution is 2.17. The number of fused-ring (bicyclic) bond motifs is 1. The number of aromatic nitrogens is 2. The molecule has 0 N–H and O–H groups in total. The molecular weight excluding hydrogens is 435 g/mol. The Kier molecular flexibility index (Phi) is 4.19. The van der Waals surface area contributed by atoms with Crippen molar-refractivity contribution in [1.29, 1.82) is 0 Å². The van der Waals surface area contributed by atoms with Crippen LogP contribution in [-0.4, -0.2) is 16.2 Å². The summed E-state index contributed by atoms with van der Waals surface area (Å²) >= 11 is 3.70. The number of hydrogen-bond acceptors (Lipinski definition) is 5. The lowest BCUT2D eigenvalue weighted by Crippen LogP contribution is -2.42. The minimum Gasteiger partial charge on any atom is -0.334 e. The minimum absolute atomic E-state index is 0.0142. The predicted octanol–water partition coefficient (Wildman–Crippen LogP) is 1.79. The Hall–Kier alpha value is -2.00. The van der Waals surface area contributed by atoms with Crippen LogP contribution < -0.4 is 19.8 Å². The molecule has 3 aromatic rings. The van der Waals surface area contributed by atoms with E-state index < -0.39 is 0 Å². The van der Waals surface area contributed by atoms with E-state index in [1.54, 1.807) is 10.8 Å². The molecule has 0 atom stereocenters. The zero-order valence-electron chi connectivity index (χ0n) is 12.6. The fraction of sp³-hybridized carbons (Fsp3) is 0.118. The Bertz CT molecular complexity index is 1040. The quantitative estimate of drug-likeness (QED) is 0.562. The second kappa shape index (κ2) is 6.48. The van der Waals surface area contributed by atoms with Crippen LogP contribution >= 0.6 is 33.9 Å². The van der Waals surface area contributed by atoms with Gasteiger partial charge in [-0.05, 0) is 65.1 Å². The van der Waals surface area contributed by atoms with E-state index in [2.05, 4.69) is 61.7 Å². The van der Waals surface area contributed by atoms with Crippen LogP contribution in [0, 0.1) is 3.57 Å². The smallest absolute Gasteiger partial charge is 0.271 e. The maximum Gasteiger partial charge on any atom is 0.271 e. The van der Waals surface area contributed by atoms with Gasteiger partial charge < -0.3 is 4.90 Å². The van der Waals surface area contributed by atoms with Gasteiger partial charge in [-0.2, -0.15) is 0 Å². The molecule has 4 rings (SSSR count). The molecule has 3 heterocycles. The average molecular weight is 448 g/mol. The standard InChI is InChI=1S/C17H13IN4OS/c18-12-4-6-14(7-5-12)21-10-20-17-22(11-21)16(23)15(24-17)9-13-3-1-2-8-19-13/h1-9H,10-11H2/b15-9-. The lowest BCUT2D eigenvalue weighted by Gasteiger charge is -2.25. The second-order valence-corrected chi connectivity index (χ2v) is 7.59. The zero-order valence-corrected chi connectivity index (χ0v) is 15.6. The van der Waals surface area contributed by atoms with Crippen molar-refractivity contribution in [1.82, 2.24) is 9.55 Å². The van der Waals surface area contributed by atoms with Crippen LogP contribution in [0.2, 0.25) is 0 Å². The molecule has 0 aliphatic carbocycles. The average Bonchev–Trinajstić information content (AvgIpc) is 2.92. The fourth-order valence-electron chi connectivity index (χ4n) is 2.52. The van der Waals surface area contributed by atoms with E-state index in [0.717, 1.165) is 16.2 Å². The maximum atomic E-state index is 12.7. The molecule has 1 aliphatic heterocycles. The Morgan fingerprint density at radius 1 is 1.17 bits per heavy atom. The van der Waals surface area contributed by atoms with Gasteiger partial charge in [0.1, 0.15) is 13.3 Å². The van der Waals surface area contributed by atoms with E-state index >= 15 is 0 Å². The van der Waals surface area contributed by atoms with Gasteiger partial charge in [-0.3, -0.25) is 14.3 Å². The first-order chi connectivity index (χ1) is 11.7. The SMILES string of the molecule is O=c1/c(=C/c2ccccn2)sc2n1CN(c1ccc(I)cc1)CN=2. The fourth-order valence-corrected chi connectivity index (χ4v) is 3.83. The summed E-state index contributed by atoms with van der Waals surface area (Å²) in [7, 11) is 0. The number of benzene rings is 1. The maximum absolute atomic E-state index is 12.7. The van der Waals surface area contributed by atoms with E-state index in [4.69, 9.17) is 0 Å². The molecule has 1 aromatic carbocycles. The van der Waals surface area contributed by atoms with Crippen molar-refractivity contribution in [3.8, 4) is 0 Å². The predicted molar refractivity (Wildman–Crippen MR) is 104 cm³/mol. The molecule has 2 aromatic heterocycles. The first kappa shape index (κ1) is 15.5. The highest BCUT2D eigenvalue weighted by atomic mass is 127. The number of nitrogens with zero attached hydrogens (tertiary/aromatic N) is 4. The van der Waals surface area contributed by atoms with Gasteiger partial charge >= 0.3 is 0 Å². The molecule has 0 fully saturated rings. The first-order valence-electron chi connectivity index (χ1n) is 7.38. The van der Waals surface area contributed by atoms with Gasteiger partial charge in [0.25, 0.3) is 5.56 Å². The zero-order chi connectivity index (χ0) is 16.5. The molecule has 1 aliphatic rings. The molecule has 0 unspecified atom stereocenters. The number of thiazole rings is 1. The van der Waals surface area contributed by atoms with Crippen molar-refractivity contribution in [3.63, 3.8) is 0 Å². The molecular formula is C17H13IN4OS. The number of halogens is 1. The third kappa shape index (κ3) is 3.01. The van der Waals surface area contributed by atoms with Crippen LogP contribution in [0.25, 0.3) is 6.08 Å². The Balaban J connectivity index is 1.71. The molecule has 7 heteroatoms. The van der Waals surface area contributed by atoms with Gasteiger partial charge in [0.05, 0.1) is 10.2 Å². The van der Waals surface area contributed by atoms with E-state index in [1.165, 1.54) is 14.9 Å². The van der Waals surface area contributed by atoms with E-state index in [0.29, 0.717) is 17.9 Å². The van der Waals surface area contributed by atoms with Crippen LogP contribution in [0.4, 0.5) is 5.69 Å². The molecule has 0 radical (unpaired) electrons. The van der Waals surface area contributed by atoms with Gasteiger partial charge in [-0.15, -0.1) is 0 Å². The van der Waals surface area contributed by atoms with Crippen molar-refractivity contribution in [3.05, 3.63) is 77.6 Å². The minimum atomic E-state index is -0.0142. The normalized spacial score (nSPS) is 14.4. The lowest BCUT2D eigenvalue weighted by molar-refractivity contribution is 0.569. The van der Waals surface area contributed by atoms with Gasteiger partial charge in [0.2, 0.25) is 0 Å². The van der Waals surface area contributed by atoms with Crippen LogP contribution in [-0.2, 0) is 6.67 Å². The summed E-state index contributed by atoms with van der Waals surface area (Å²) in [6.45, 7) is 1.08. The van der Waals surface area contributed by atoms with Crippen LogP contribution in [0.5, 0.6) is 0 Å². The van der Waals surface area contributed by atoms with E-state index in [9.17, 15) is 4.79 Å². The van der Waals surface area contributed by atoms with Gasteiger partial charge in [0, 0.05) is 15.5 Å². The molecule has 24 heavy (non-hydrogen) atoms.